The Morgan fingerprint density at radius 3 is 2.52 bits per heavy atom. The number of fused-ring (bicyclic) bond motifs is 1. The molecule has 2 aliphatic heterocycles. The Labute approximate surface area is 156 Å². The highest BCUT2D eigenvalue weighted by Crippen LogP contribution is 2.35. The molecular formula is C20H24F3N3O. The topological polar surface area (TPSA) is 39.6 Å². The van der Waals surface area contributed by atoms with Crippen LogP contribution in [0.1, 0.15) is 30.5 Å². The van der Waals surface area contributed by atoms with Crippen molar-refractivity contribution < 1.29 is 18.3 Å². The summed E-state index contributed by atoms with van der Waals surface area (Å²) >= 11 is 0. The maximum absolute atomic E-state index is 13.0. The number of rotatable bonds is 2. The zero-order chi connectivity index (χ0) is 19.2. The number of hydrogen-bond acceptors (Lipinski definition) is 4. The molecule has 27 heavy (non-hydrogen) atoms. The lowest BCUT2D eigenvalue weighted by Gasteiger charge is -2.33. The molecule has 2 aromatic rings. The van der Waals surface area contributed by atoms with E-state index in [1.54, 1.807) is 6.92 Å². The third-order valence-electron chi connectivity index (χ3n) is 5.70. The van der Waals surface area contributed by atoms with E-state index in [1.807, 2.05) is 6.07 Å². The number of piperidine rings is 1. The van der Waals surface area contributed by atoms with Crippen LogP contribution in [0.2, 0.25) is 0 Å². The third-order valence-corrected chi connectivity index (χ3v) is 5.70. The number of halogens is 3. The van der Waals surface area contributed by atoms with E-state index in [0.717, 1.165) is 43.8 Å². The van der Waals surface area contributed by atoms with Crippen molar-refractivity contribution in [1.29, 1.82) is 0 Å². The Kier molecular flexibility index (Phi) is 4.76. The molecule has 0 saturated carbocycles. The molecule has 0 radical (unpaired) electrons. The average Bonchev–Trinajstić information content (AvgIpc) is 3.02. The summed E-state index contributed by atoms with van der Waals surface area (Å²) < 4.78 is 39.1. The standard InChI is InChI=1S/C20H24F3N3O/c1-13-9-17(15-6-5-14(20(21,22)23)10-16(15)24-13)26-11-18(19(27)12-26)25-7-3-2-4-8-25/h5-6,9-10,18-19,27H,2-4,7-8,11-12H2,1H3/t18-,19-/m0/s1. The van der Waals surface area contributed by atoms with Gasteiger partial charge in [-0.15, -0.1) is 0 Å². The van der Waals surface area contributed by atoms with Gasteiger partial charge in [0.05, 0.1) is 23.2 Å². The van der Waals surface area contributed by atoms with Crippen molar-refractivity contribution in [3.05, 3.63) is 35.5 Å². The molecule has 2 fully saturated rings. The summed E-state index contributed by atoms with van der Waals surface area (Å²) in [5.41, 5.74) is 1.18. The number of anilines is 1. The van der Waals surface area contributed by atoms with Crippen LogP contribution in [0.3, 0.4) is 0 Å². The van der Waals surface area contributed by atoms with Gasteiger partial charge in [0.25, 0.3) is 0 Å². The van der Waals surface area contributed by atoms with Gasteiger partial charge in [0.2, 0.25) is 0 Å². The molecule has 0 amide bonds. The van der Waals surface area contributed by atoms with Gasteiger partial charge >= 0.3 is 6.18 Å². The number of aliphatic hydroxyl groups excluding tert-OH is 1. The molecule has 2 saturated heterocycles. The highest BCUT2D eigenvalue weighted by atomic mass is 19.4. The molecule has 2 atom stereocenters. The van der Waals surface area contributed by atoms with Crippen LogP contribution in [-0.2, 0) is 6.18 Å². The maximum Gasteiger partial charge on any atom is 0.416 e. The summed E-state index contributed by atoms with van der Waals surface area (Å²) in [6.07, 6.45) is -1.30. The van der Waals surface area contributed by atoms with Crippen LogP contribution < -0.4 is 4.90 Å². The minimum atomic E-state index is -4.39. The lowest BCUT2D eigenvalue weighted by Crippen LogP contribution is -2.45. The predicted molar refractivity (Wildman–Crippen MR) is 98.9 cm³/mol. The monoisotopic (exact) mass is 379 g/mol. The predicted octanol–water partition coefficient (Wildman–Crippen LogP) is 3.60. The summed E-state index contributed by atoms with van der Waals surface area (Å²) in [7, 11) is 0. The summed E-state index contributed by atoms with van der Waals surface area (Å²) in [5.74, 6) is 0. The molecule has 1 aromatic carbocycles. The fraction of sp³-hybridized carbons (Fsp3) is 0.550. The highest BCUT2D eigenvalue weighted by molar-refractivity contribution is 5.92. The number of aryl methyl sites for hydroxylation is 1. The average molecular weight is 379 g/mol. The van der Waals surface area contributed by atoms with Crippen LogP contribution in [0.25, 0.3) is 10.9 Å². The van der Waals surface area contributed by atoms with Gasteiger partial charge in [0.1, 0.15) is 0 Å². The van der Waals surface area contributed by atoms with Gasteiger partial charge in [0, 0.05) is 29.9 Å². The van der Waals surface area contributed by atoms with Crippen molar-refractivity contribution in [2.75, 3.05) is 31.1 Å². The molecule has 1 aromatic heterocycles. The molecule has 3 heterocycles. The number of aliphatic hydroxyl groups is 1. The van der Waals surface area contributed by atoms with E-state index in [1.165, 1.54) is 12.5 Å². The number of aromatic nitrogens is 1. The van der Waals surface area contributed by atoms with Crippen molar-refractivity contribution in [2.24, 2.45) is 0 Å². The number of β-amino-alcohol motifs (C(OH)–C–C–N with tert-alkyl or cyclic N) is 1. The Hall–Kier alpha value is -1.86. The first-order valence-corrected chi connectivity index (χ1v) is 9.48. The molecular weight excluding hydrogens is 355 g/mol. The lowest BCUT2D eigenvalue weighted by molar-refractivity contribution is -0.137. The molecule has 4 nitrogen and oxygen atoms in total. The molecule has 0 spiro atoms. The van der Waals surface area contributed by atoms with E-state index in [4.69, 9.17) is 0 Å². The van der Waals surface area contributed by atoms with Crippen molar-refractivity contribution >= 4 is 16.6 Å². The first-order chi connectivity index (χ1) is 12.8. The first kappa shape index (κ1) is 18.5. The summed E-state index contributed by atoms with van der Waals surface area (Å²) in [6, 6.07) is 5.70. The first-order valence-electron chi connectivity index (χ1n) is 9.48. The van der Waals surface area contributed by atoms with Gasteiger partial charge < -0.3 is 10.0 Å². The quantitative estimate of drug-likeness (QED) is 0.866. The fourth-order valence-electron chi connectivity index (χ4n) is 4.35. The number of hydrogen-bond donors (Lipinski definition) is 1. The third kappa shape index (κ3) is 3.62. The van der Waals surface area contributed by atoms with Crippen LogP contribution in [0.4, 0.5) is 18.9 Å². The van der Waals surface area contributed by atoms with Crippen LogP contribution in [0.15, 0.2) is 24.3 Å². The largest absolute Gasteiger partial charge is 0.416 e. The van der Waals surface area contributed by atoms with E-state index in [9.17, 15) is 18.3 Å². The molecule has 1 N–H and O–H groups in total. The normalized spacial score (nSPS) is 24.7. The second kappa shape index (κ2) is 6.95. The van der Waals surface area contributed by atoms with Gasteiger partial charge in [-0.05, 0) is 51.1 Å². The van der Waals surface area contributed by atoms with Crippen molar-refractivity contribution in [1.82, 2.24) is 9.88 Å². The van der Waals surface area contributed by atoms with Crippen molar-refractivity contribution in [3.8, 4) is 0 Å². The van der Waals surface area contributed by atoms with Crippen LogP contribution >= 0.6 is 0 Å². The van der Waals surface area contributed by atoms with Gasteiger partial charge in [-0.2, -0.15) is 13.2 Å². The van der Waals surface area contributed by atoms with Crippen LogP contribution in [-0.4, -0.2) is 53.3 Å². The summed E-state index contributed by atoms with van der Waals surface area (Å²) in [4.78, 5) is 8.76. The van der Waals surface area contributed by atoms with E-state index in [-0.39, 0.29) is 6.04 Å². The van der Waals surface area contributed by atoms with E-state index in [2.05, 4.69) is 14.8 Å². The second-order valence-corrected chi connectivity index (χ2v) is 7.65. The summed E-state index contributed by atoms with van der Waals surface area (Å²) in [6.45, 7) is 4.96. The van der Waals surface area contributed by atoms with Gasteiger partial charge in [-0.25, -0.2) is 0 Å². The molecule has 0 aliphatic carbocycles. The van der Waals surface area contributed by atoms with Gasteiger partial charge in [-0.1, -0.05) is 12.5 Å². The lowest BCUT2D eigenvalue weighted by atomic mass is 10.1. The second-order valence-electron chi connectivity index (χ2n) is 7.65. The zero-order valence-electron chi connectivity index (χ0n) is 15.3. The fourth-order valence-corrected chi connectivity index (χ4v) is 4.35. The smallest absolute Gasteiger partial charge is 0.390 e. The summed E-state index contributed by atoms with van der Waals surface area (Å²) in [5, 5.41) is 11.3. The van der Waals surface area contributed by atoms with Gasteiger partial charge in [-0.3, -0.25) is 9.88 Å². The van der Waals surface area contributed by atoms with E-state index < -0.39 is 17.8 Å². The zero-order valence-corrected chi connectivity index (χ0v) is 15.3. The number of pyridine rings is 1. The van der Waals surface area contributed by atoms with Crippen LogP contribution in [0.5, 0.6) is 0 Å². The Morgan fingerprint density at radius 2 is 1.81 bits per heavy atom. The van der Waals surface area contributed by atoms with Crippen molar-refractivity contribution in [3.63, 3.8) is 0 Å². The number of alkyl halides is 3. The molecule has 7 heteroatoms. The highest BCUT2D eigenvalue weighted by Gasteiger charge is 2.37. The number of benzene rings is 1. The van der Waals surface area contributed by atoms with E-state index >= 15 is 0 Å². The van der Waals surface area contributed by atoms with Gasteiger partial charge in [0.15, 0.2) is 0 Å². The minimum absolute atomic E-state index is 0.0725. The number of likely N-dealkylation sites (tertiary alicyclic amines) is 1. The molecule has 0 unspecified atom stereocenters. The van der Waals surface area contributed by atoms with Crippen LogP contribution in [0, 0.1) is 6.92 Å². The Morgan fingerprint density at radius 1 is 1.07 bits per heavy atom. The molecule has 2 aliphatic rings. The maximum atomic E-state index is 13.0. The van der Waals surface area contributed by atoms with E-state index in [0.29, 0.717) is 29.7 Å². The van der Waals surface area contributed by atoms with Crippen molar-refractivity contribution in [2.45, 2.75) is 44.5 Å². The number of nitrogens with zero attached hydrogens (tertiary/aromatic N) is 3. The SMILES string of the molecule is Cc1cc(N2C[C@H](O)[C@@H](N3CCCCC3)C2)c2ccc(C(F)(F)F)cc2n1. The molecule has 4 rings (SSSR count). The molecule has 0 bridgehead atoms. The Balaban J connectivity index is 1.67. The minimum Gasteiger partial charge on any atom is -0.390 e. The Bertz CT molecular complexity index is 833. The molecule has 146 valence electrons.